The summed E-state index contributed by atoms with van der Waals surface area (Å²) in [6, 6.07) is 11.8. The highest BCUT2D eigenvalue weighted by atomic mass is 19.1. The van der Waals surface area contributed by atoms with Crippen LogP contribution >= 0.6 is 0 Å². The fourth-order valence-electron chi connectivity index (χ4n) is 4.20. The number of carbonyl (C=O) groups excluding carboxylic acids is 1. The van der Waals surface area contributed by atoms with Gasteiger partial charge in [-0.2, -0.15) is 0 Å². The summed E-state index contributed by atoms with van der Waals surface area (Å²) >= 11 is 0. The Hall–Kier alpha value is -3.94. The molecule has 162 valence electrons. The van der Waals surface area contributed by atoms with Crippen LogP contribution in [-0.2, 0) is 5.66 Å². The molecule has 0 saturated carbocycles. The van der Waals surface area contributed by atoms with Gasteiger partial charge >= 0.3 is 6.03 Å². The quantitative estimate of drug-likeness (QED) is 0.663. The summed E-state index contributed by atoms with van der Waals surface area (Å²) in [5.74, 6) is 0.944. The number of fused-ring (bicyclic) bond motifs is 1. The van der Waals surface area contributed by atoms with Crippen molar-refractivity contribution in [1.82, 2.24) is 19.8 Å². The molecule has 1 N–H and O–H groups in total. The molecule has 2 amide bonds. The normalized spacial score (nSPS) is 19.9. The van der Waals surface area contributed by atoms with Gasteiger partial charge in [-0.15, -0.1) is 0 Å². The van der Waals surface area contributed by atoms with Crippen molar-refractivity contribution in [2.45, 2.75) is 19.0 Å². The lowest BCUT2D eigenvalue weighted by atomic mass is 9.89. The molecule has 32 heavy (non-hydrogen) atoms. The minimum atomic E-state index is -0.781. The lowest BCUT2D eigenvalue weighted by molar-refractivity contribution is 0.115. The molecule has 1 fully saturated rings. The fraction of sp³-hybridized carbons (Fsp3) is 0.208. The first kappa shape index (κ1) is 20.0. The monoisotopic (exact) mass is 431 g/mol. The molecule has 3 aromatic rings. The van der Waals surface area contributed by atoms with E-state index in [2.05, 4.69) is 10.3 Å². The van der Waals surface area contributed by atoms with E-state index in [1.807, 2.05) is 48.0 Å². The molecule has 0 radical (unpaired) electrons. The largest absolute Gasteiger partial charge is 0.495 e. The highest BCUT2D eigenvalue weighted by Crippen LogP contribution is 2.43. The van der Waals surface area contributed by atoms with Crippen molar-refractivity contribution in [1.29, 1.82) is 0 Å². The number of nitrogens with zero attached hydrogens (tertiary/aromatic N) is 4. The van der Waals surface area contributed by atoms with E-state index in [1.165, 1.54) is 12.1 Å². The molecular formula is C24H22FN5O2. The number of amides is 2. The number of urea groups is 1. The van der Waals surface area contributed by atoms with Crippen LogP contribution in [0.25, 0.3) is 11.8 Å². The van der Waals surface area contributed by atoms with Crippen molar-refractivity contribution in [3.63, 3.8) is 0 Å². The van der Waals surface area contributed by atoms with Gasteiger partial charge in [0, 0.05) is 24.7 Å². The van der Waals surface area contributed by atoms with Gasteiger partial charge in [-0.05, 0) is 42.8 Å². The average molecular weight is 431 g/mol. The Morgan fingerprint density at radius 3 is 2.72 bits per heavy atom. The smallest absolute Gasteiger partial charge is 0.325 e. The highest BCUT2D eigenvalue weighted by Gasteiger charge is 2.52. The van der Waals surface area contributed by atoms with Crippen LogP contribution in [0.15, 0.2) is 66.1 Å². The van der Waals surface area contributed by atoms with E-state index < -0.39 is 5.66 Å². The number of hydrogen-bond donors (Lipinski definition) is 1. The number of methoxy groups -OCH3 is 1. The van der Waals surface area contributed by atoms with Gasteiger partial charge in [0.1, 0.15) is 17.4 Å². The van der Waals surface area contributed by atoms with Gasteiger partial charge in [-0.1, -0.05) is 24.3 Å². The number of benzene rings is 2. The van der Waals surface area contributed by atoms with Gasteiger partial charge in [0.25, 0.3) is 0 Å². The number of rotatable bonds is 5. The van der Waals surface area contributed by atoms with Crippen molar-refractivity contribution in [3.05, 3.63) is 83.7 Å². The van der Waals surface area contributed by atoms with Gasteiger partial charge in [0.15, 0.2) is 5.66 Å². The number of carbonyl (C=O) groups is 1. The van der Waals surface area contributed by atoms with E-state index in [1.54, 1.807) is 30.5 Å². The summed E-state index contributed by atoms with van der Waals surface area (Å²) in [7, 11) is 1.63. The zero-order chi connectivity index (χ0) is 22.3. The predicted octanol–water partition coefficient (Wildman–Crippen LogP) is 4.02. The maximum Gasteiger partial charge on any atom is 0.325 e. The summed E-state index contributed by atoms with van der Waals surface area (Å²) in [5.41, 5.74) is 2.73. The third kappa shape index (κ3) is 3.24. The fourth-order valence-corrected chi connectivity index (χ4v) is 4.20. The molecule has 5 rings (SSSR count). The summed E-state index contributed by atoms with van der Waals surface area (Å²) < 4.78 is 20.9. The standard InChI is InChI=1S/C24H22FN5O2/c1-16-14-29(15-27-16)20-9-3-17(13-21(20)32-2)4-10-22-28-24(11-12-26-23(31)30(22)24)18-5-7-19(25)8-6-18/h3-10,13-15H,11-12H2,1-2H3,(H,26,31)/b10-4+. The molecule has 2 aromatic carbocycles. The predicted molar refractivity (Wildman–Crippen MR) is 119 cm³/mol. The first-order valence-electron chi connectivity index (χ1n) is 10.3. The number of imidazole rings is 1. The Labute approximate surface area is 184 Å². The summed E-state index contributed by atoms with van der Waals surface area (Å²) in [5, 5.41) is 2.86. The Morgan fingerprint density at radius 2 is 2.00 bits per heavy atom. The molecular weight excluding hydrogens is 409 g/mol. The van der Waals surface area contributed by atoms with Crippen molar-refractivity contribution >= 4 is 17.9 Å². The van der Waals surface area contributed by atoms with Crippen LogP contribution in [0.5, 0.6) is 5.75 Å². The molecule has 1 atom stereocenters. The molecule has 0 aliphatic carbocycles. The number of aromatic nitrogens is 2. The first-order valence-corrected chi connectivity index (χ1v) is 10.3. The molecule has 8 heteroatoms. The lowest BCUT2D eigenvalue weighted by Gasteiger charge is -2.51. The van der Waals surface area contributed by atoms with E-state index in [9.17, 15) is 9.18 Å². The van der Waals surface area contributed by atoms with Crippen LogP contribution in [0, 0.1) is 12.7 Å². The number of nitrogens with one attached hydrogen (secondary N) is 1. The second-order valence-electron chi connectivity index (χ2n) is 7.80. The van der Waals surface area contributed by atoms with Gasteiger partial charge < -0.3 is 14.6 Å². The topological polar surface area (TPSA) is 71.8 Å². The SMILES string of the molecule is COc1cc(/C=C/C2=NC3(c4ccc(F)cc4)CCNC(=O)N23)ccc1-n1cnc(C)c1. The number of ether oxygens (including phenoxy) is 1. The number of amidine groups is 1. The zero-order valence-electron chi connectivity index (χ0n) is 17.7. The third-order valence-corrected chi connectivity index (χ3v) is 5.78. The van der Waals surface area contributed by atoms with Crippen molar-refractivity contribution in [2.75, 3.05) is 13.7 Å². The number of aliphatic imine (C=N–C) groups is 1. The minimum Gasteiger partial charge on any atom is -0.495 e. The second-order valence-corrected chi connectivity index (χ2v) is 7.80. The van der Waals surface area contributed by atoms with Gasteiger partial charge in [0.05, 0.1) is 24.8 Å². The summed E-state index contributed by atoms with van der Waals surface area (Å²) in [6.45, 7) is 2.45. The van der Waals surface area contributed by atoms with Crippen molar-refractivity contribution < 1.29 is 13.9 Å². The number of hydrogen-bond acceptors (Lipinski definition) is 4. The molecule has 2 aliphatic heterocycles. The Balaban J connectivity index is 1.44. The highest BCUT2D eigenvalue weighted by molar-refractivity contribution is 6.10. The first-order chi connectivity index (χ1) is 15.5. The number of halogens is 1. The third-order valence-electron chi connectivity index (χ3n) is 5.78. The number of aryl methyl sites for hydroxylation is 1. The van der Waals surface area contributed by atoms with Crippen LogP contribution < -0.4 is 10.1 Å². The molecule has 3 heterocycles. The minimum absolute atomic E-state index is 0.210. The van der Waals surface area contributed by atoms with Crippen LogP contribution in [0.3, 0.4) is 0 Å². The maximum atomic E-state index is 13.4. The van der Waals surface area contributed by atoms with Gasteiger partial charge in [0.2, 0.25) is 0 Å². The van der Waals surface area contributed by atoms with E-state index in [0.29, 0.717) is 24.6 Å². The van der Waals surface area contributed by atoms with Gasteiger partial charge in [-0.3, -0.25) is 0 Å². The zero-order valence-corrected chi connectivity index (χ0v) is 17.7. The maximum absolute atomic E-state index is 13.4. The molecule has 1 aromatic heterocycles. The molecule has 1 saturated heterocycles. The Morgan fingerprint density at radius 1 is 1.19 bits per heavy atom. The average Bonchev–Trinajstić information content (AvgIpc) is 3.21. The Kier molecular flexibility index (Phi) is 4.77. The van der Waals surface area contributed by atoms with E-state index >= 15 is 0 Å². The van der Waals surface area contributed by atoms with Crippen LogP contribution in [0.4, 0.5) is 9.18 Å². The van der Waals surface area contributed by atoms with E-state index in [0.717, 1.165) is 22.5 Å². The molecule has 7 nitrogen and oxygen atoms in total. The van der Waals surface area contributed by atoms with E-state index in [4.69, 9.17) is 9.73 Å². The van der Waals surface area contributed by atoms with Gasteiger partial charge in [-0.25, -0.2) is 24.1 Å². The molecule has 1 unspecified atom stereocenters. The second kappa shape index (κ2) is 7.64. The Bertz CT molecular complexity index is 1250. The van der Waals surface area contributed by atoms with Crippen LogP contribution in [0.2, 0.25) is 0 Å². The molecule has 0 spiro atoms. The van der Waals surface area contributed by atoms with E-state index in [-0.39, 0.29) is 11.8 Å². The summed E-state index contributed by atoms with van der Waals surface area (Å²) in [6.07, 6.45) is 7.99. The lowest BCUT2D eigenvalue weighted by Crippen LogP contribution is -2.66. The van der Waals surface area contributed by atoms with Crippen molar-refractivity contribution in [3.8, 4) is 11.4 Å². The molecule has 2 aliphatic rings. The van der Waals surface area contributed by atoms with Crippen LogP contribution in [-0.4, -0.2) is 40.0 Å². The molecule has 0 bridgehead atoms. The van der Waals surface area contributed by atoms with Crippen molar-refractivity contribution in [2.24, 2.45) is 4.99 Å². The summed E-state index contributed by atoms with van der Waals surface area (Å²) in [4.78, 5) is 23.3. The van der Waals surface area contributed by atoms with Crippen LogP contribution in [0.1, 0.15) is 23.2 Å².